The minimum Gasteiger partial charge on any atom is -0.274 e. The molecule has 0 unspecified atom stereocenters. The molecule has 0 radical (unpaired) electrons. The van der Waals surface area contributed by atoms with Crippen LogP contribution in [0.3, 0.4) is 0 Å². The zero-order valence-electron chi connectivity index (χ0n) is 8.47. The first-order valence-electron chi connectivity index (χ1n) is 3.88. The van der Waals surface area contributed by atoms with E-state index < -0.39 is 23.8 Å². The average Bonchev–Trinajstić information content (AvgIpc) is 2.02. The Morgan fingerprint density at radius 3 is 1.53 bits per heavy atom. The number of hydrogen-bond donors (Lipinski definition) is 0. The van der Waals surface area contributed by atoms with Crippen molar-refractivity contribution in [3.8, 4) is 6.19 Å². The third-order valence-electron chi connectivity index (χ3n) is 1.43. The van der Waals surface area contributed by atoms with Crippen LogP contribution in [-0.4, -0.2) is 33.6 Å². The molecule has 0 aliphatic rings. The molecule has 0 spiro atoms. The monoisotopic (exact) mass is 211 g/mol. The second kappa shape index (κ2) is 4.85. The number of amides is 5. The Labute approximate surface area is 85.9 Å². The number of hydrogen-bond acceptors (Lipinski definition) is 5. The summed E-state index contributed by atoms with van der Waals surface area (Å²) >= 11 is 0. The summed E-state index contributed by atoms with van der Waals surface area (Å²) in [4.78, 5) is 44.3. The zero-order chi connectivity index (χ0) is 12.2. The molecule has 0 bridgehead atoms. The van der Waals surface area contributed by atoms with Crippen LogP contribution in [0.2, 0.25) is 0 Å². The van der Waals surface area contributed by atoms with Crippen LogP contribution in [0, 0.1) is 11.5 Å². The molecule has 0 aromatic heterocycles. The number of carbonyl (C=O) groups is 4. The van der Waals surface area contributed by atoms with E-state index in [0.29, 0.717) is 0 Å². The van der Waals surface area contributed by atoms with Gasteiger partial charge in [-0.15, -0.1) is 0 Å². The van der Waals surface area contributed by atoms with Crippen molar-refractivity contribution < 1.29 is 19.2 Å². The first kappa shape index (κ1) is 12.8. The molecule has 0 saturated carbocycles. The first-order chi connectivity index (χ1) is 6.82. The highest BCUT2D eigenvalue weighted by Crippen LogP contribution is 2.00. The predicted octanol–water partition coefficient (Wildman–Crippen LogP) is -0.169. The van der Waals surface area contributed by atoms with Gasteiger partial charge in [-0.05, 0) is 0 Å². The normalized spacial score (nSPS) is 8.67. The lowest BCUT2D eigenvalue weighted by molar-refractivity contribution is -0.138. The Morgan fingerprint density at radius 1 is 0.933 bits per heavy atom. The largest absolute Gasteiger partial charge is 0.353 e. The van der Waals surface area contributed by atoms with Crippen LogP contribution in [0.5, 0.6) is 0 Å². The molecule has 0 rings (SSSR count). The van der Waals surface area contributed by atoms with Gasteiger partial charge in [0.05, 0.1) is 0 Å². The Hall–Kier alpha value is -2.23. The predicted molar refractivity (Wildman–Crippen MR) is 46.7 cm³/mol. The topological polar surface area (TPSA) is 98.5 Å². The molecular weight excluding hydrogens is 202 g/mol. The van der Waals surface area contributed by atoms with Crippen molar-refractivity contribution >= 4 is 23.8 Å². The molecule has 0 aliphatic heterocycles. The van der Waals surface area contributed by atoms with Crippen molar-refractivity contribution in [3.05, 3.63) is 0 Å². The number of nitrogens with zero attached hydrogens (tertiary/aromatic N) is 3. The molecule has 0 heterocycles. The maximum Gasteiger partial charge on any atom is 0.353 e. The van der Waals surface area contributed by atoms with Gasteiger partial charge in [0.25, 0.3) is 0 Å². The molecule has 0 aromatic rings. The molecule has 80 valence electrons. The van der Waals surface area contributed by atoms with Gasteiger partial charge in [0.2, 0.25) is 17.7 Å². The van der Waals surface area contributed by atoms with Crippen LogP contribution < -0.4 is 0 Å². The molecule has 0 fully saturated rings. The van der Waals surface area contributed by atoms with E-state index in [-0.39, 0.29) is 9.80 Å². The molecule has 0 aromatic carbocycles. The molecule has 7 nitrogen and oxygen atoms in total. The second-order valence-electron chi connectivity index (χ2n) is 2.61. The van der Waals surface area contributed by atoms with Crippen LogP contribution in [0.1, 0.15) is 20.8 Å². The third kappa shape index (κ3) is 2.87. The molecule has 0 N–H and O–H groups in total. The zero-order valence-corrected chi connectivity index (χ0v) is 8.47. The minimum absolute atomic E-state index is 0.128. The maximum atomic E-state index is 11.4. The fourth-order valence-electron chi connectivity index (χ4n) is 0.839. The maximum absolute atomic E-state index is 11.4. The van der Waals surface area contributed by atoms with E-state index in [1.54, 1.807) is 0 Å². The lowest BCUT2D eigenvalue weighted by Crippen LogP contribution is -2.47. The molecule has 0 aliphatic carbocycles. The summed E-state index contributed by atoms with van der Waals surface area (Å²) in [5, 5.41) is 8.46. The fourth-order valence-corrected chi connectivity index (χ4v) is 0.839. The summed E-state index contributed by atoms with van der Waals surface area (Å²) in [5.41, 5.74) is 0. The molecule has 0 saturated heterocycles. The van der Waals surface area contributed by atoms with Crippen molar-refractivity contribution in [2.45, 2.75) is 20.8 Å². The summed E-state index contributed by atoms with van der Waals surface area (Å²) in [6.45, 7) is 2.93. The molecule has 5 amide bonds. The Balaban J connectivity index is 5.12. The van der Waals surface area contributed by atoms with Crippen molar-refractivity contribution in [3.63, 3.8) is 0 Å². The lowest BCUT2D eigenvalue weighted by atomic mass is 10.5. The number of imide groups is 4. The van der Waals surface area contributed by atoms with E-state index >= 15 is 0 Å². The SMILES string of the molecule is CC(=O)N(C#N)C(=O)N(C(C)=O)C(C)=O. The minimum atomic E-state index is -1.26. The number of carbonyl (C=O) groups excluding carboxylic acids is 4. The number of urea groups is 1. The highest BCUT2D eigenvalue weighted by atomic mass is 16.2. The second-order valence-corrected chi connectivity index (χ2v) is 2.61. The van der Waals surface area contributed by atoms with Gasteiger partial charge >= 0.3 is 6.03 Å². The smallest absolute Gasteiger partial charge is 0.274 e. The lowest BCUT2D eigenvalue weighted by Gasteiger charge is -2.18. The Kier molecular flexibility index (Phi) is 4.13. The van der Waals surface area contributed by atoms with Crippen LogP contribution in [0.15, 0.2) is 0 Å². The van der Waals surface area contributed by atoms with E-state index in [9.17, 15) is 19.2 Å². The van der Waals surface area contributed by atoms with Crippen molar-refractivity contribution in [1.82, 2.24) is 9.80 Å². The van der Waals surface area contributed by atoms with Gasteiger partial charge < -0.3 is 0 Å². The van der Waals surface area contributed by atoms with Gasteiger partial charge in [0, 0.05) is 20.8 Å². The molecule has 7 heteroatoms. The quantitative estimate of drug-likeness (QED) is 0.409. The summed E-state index contributed by atoms with van der Waals surface area (Å²) in [6, 6.07) is -1.26. The standard InChI is InChI=1S/C8H9N3O4/c1-5(12)10(4-9)8(15)11(6(2)13)7(3)14/h1-3H3. The first-order valence-corrected chi connectivity index (χ1v) is 3.88. The summed E-state index contributed by atoms with van der Waals surface area (Å²) in [7, 11) is 0. The summed E-state index contributed by atoms with van der Waals surface area (Å²) < 4.78 is 0. The van der Waals surface area contributed by atoms with Crippen LogP contribution in [-0.2, 0) is 14.4 Å². The Bertz CT molecular complexity index is 355. The highest BCUT2D eigenvalue weighted by Gasteiger charge is 2.30. The van der Waals surface area contributed by atoms with Gasteiger partial charge in [-0.2, -0.15) is 15.1 Å². The van der Waals surface area contributed by atoms with E-state index in [1.165, 1.54) is 6.19 Å². The van der Waals surface area contributed by atoms with E-state index in [1.807, 2.05) is 0 Å². The van der Waals surface area contributed by atoms with Crippen molar-refractivity contribution in [1.29, 1.82) is 5.26 Å². The highest BCUT2D eigenvalue weighted by molar-refractivity contribution is 6.12. The third-order valence-corrected chi connectivity index (χ3v) is 1.43. The molecule has 0 atom stereocenters. The average molecular weight is 211 g/mol. The van der Waals surface area contributed by atoms with E-state index in [2.05, 4.69) is 0 Å². The van der Waals surface area contributed by atoms with Crippen LogP contribution in [0.25, 0.3) is 0 Å². The number of rotatable bonds is 0. The van der Waals surface area contributed by atoms with E-state index in [0.717, 1.165) is 20.8 Å². The summed E-state index contributed by atoms with van der Waals surface area (Å²) in [5.74, 6) is -2.57. The van der Waals surface area contributed by atoms with Gasteiger partial charge in [-0.1, -0.05) is 0 Å². The van der Waals surface area contributed by atoms with Gasteiger partial charge in [0.15, 0.2) is 6.19 Å². The van der Waals surface area contributed by atoms with Crippen LogP contribution >= 0.6 is 0 Å². The van der Waals surface area contributed by atoms with Crippen LogP contribution in [0.4, 0.5) is 4.79 Å². The number of nitriles is 1. The molecule has 15 heavy (non-hydrogen) atoms. The summed E-state index contributed by atoms with van der Waals surface area (Å²) in [6.07, 6.45) is 1.28. The Morgan fingerprint density at radius 2 is 1.33 bits per heavy atom. The fraction of sp³-hybridized carbons (Fsp3) is 0.375. The van der Waals surface area contributed by atoms with E-state index in [4.69, 9.17) is 5.26 Å². The van der Waals surface area contributed by atoms with Crippen molar-refractivity contribution in [2.75, 3.05) is 0 Å². The van der Waals surface area contributed by atoms with Gasteiger partial charge in [-0.25, -0.2) is 4.79 Å². The molecular formula is C8H9N3O4. The van der Waals surface area contributed by atoms with Gasteiger partial charge in [0.1, 0.15) is 0 Å². The van der Waals surface area contributed by atoms with Crippen molar-refractivity contribution in [2.24, 2.45) is 0 Å². The van der Waals surface area contributed by atoms with Gasteiger partial charge in [-0.3, -0.25) is 14.4 Å².